The number of ether oxygens (including phenoxy) is 2. The van der Waals surface area contributed by atoms with Crippen LogP contribution in [-0.4, -0.2) is 52.8 Å². The number of hydrogen-bond acceptors (Lipinski definition) is 5. The molecule has 26 heavy (non-hydrogen) atoms. The van der Waals surface area contributed by atoms with Gasteiger partial charge in [0.2, 0.25) is 5.88 Å². The average Bonchev–Trinajstić information content (AvgIpc) is 3.05. The first-order valence-electron chi connectivity index (χ1n) is 8.92. The summed E-state index contributed by atoms with van der Waals surface area (Å²) in [6.07, 6.45) is 3.58. The van der Waals surface area contributed by atoms with Crippen molar-refractivity contribution >= 4 is 5.91 Å². The van der Waals surface area contributed by atoms with Crippen LogP contribution in [0.5, 0.6) is 11.6 Å². The van der Waals surface area contributed by atoms with Crippen LogP contribution < -0.4 is 4.74 Å². The Bertz CT molecular complexity index is 774. The molecule has 0 unspecified atom stereocenters. The van der Waals surface area contributed by atoms with E-state index in [9.17, 15) is 9.90 Å². The van der Waals surface area contributed by atoms with E-state index in [-0.39, 0.29) is 17.3 Å². The Kier molecular flexibility index (Phi) is 4.51. The number of rotatable bonds is 5. The maximum atomic E-state index is 12.6. The minimum atomic E-state index is -0.250. The van der Waals surface area contributed by atoms with Crippen molar-refractivity contribution in [3.8, 4) is 11.6 Å². The second-order valence-corrected chi connectivity index (χ2v) is 6.92. The Morgan fingerprint density at radius 3 is 2.96 bits per heavy atom. The van der Waals surface area contributed by atoms with Gasteiger partial charge in [0.25, 0.3) is 5.91 Å². The Labute approximate surface area is 152 Å². The number of benzene rings is 1. The van der Waals surface area contributed by atoms with Crippen molar-refractivity contribution < 1.29 is 19.4 Å². The minimum Gasteiger partial charge on any atom is -0.508 e. The lowest BCUT2D eigenvalue weighted by molar-refractivity contribution is -0.119. The molecule has 1 amide bonds. The van der Waals surface area contributed by atoms with Gasteiger partial charge in [-0.25, -0.2) is 4.98 Å². The quantitative estimate of drug-likeness (QED) is 0.893. The van der Waals surface area contributed by atoms with Crippen LogP contribution in [0.2, 0.25) is 0 Å². The predicted molar refractivity (Wildman–Crippen MR) is 95.1 cm³/mol. The Morgan fingerprint density at radius 2 is 2.19 bits per heavy atom. The normalized spacial score (nSPS) is 20.8. The highest BCUT2D eigenvalue weighted by Crippen LogP contribution is 2.42. The number of likely N-dealkylation sites (tertiary alicyclic amines) is 1. The van der Waals surface area contributed by atoms with Crippen LogP contribution in [0.1, 0.15) is 23.2 Å². The lowest BCUT2D eigenvalue weighted by atomic mass is 9.79. The van der Waals surface area contributed by atoms with Gasteiger partial charge in [0.1, 0.15) is 11.4 Å². The first-order chi connectivity index (χ1) is 12.7. The molecule has 0 bridgehead atoms. The van der Waals surface area contributed by atoms with Crippen molar-refractivity contribution in [2.24, 2.45) is 5.92 Å². The monoisotopic (exact) mass is 354 g/mol. The van der Waals surface area contributed by atoms with E-state index in [4.69, 9.17) is 9.47 Å². The highest BCUT2D eigenvalue weighted by Gasteiger charge is 2.54. The molecule has 3 heterocycles. The predicted octanol–water partition coefficient (Wildman–Crippen LogP) is 2.49. The molecular formula is C20H22N2O4. The number of phenolic OH excluding ortho intramolecular Hbond substituents is 1. The molecule has 2 aromatic rings. The largest absolute Gasteiger partial charge is 0.508 e. The van der Waals surface area contributed by atoms with Gasteiger partial charge in [-0.2, -0.15) is 0 Å². The van der Waals surface area contributed by atoms with E-state index >= 15 is 0 Å². The number of carbonyl (C=O) groups is 1. The number of amides is 1. The number of nitrogens with zero attached hydrogens (tertiary/aromatic N) is 2. The van der Waals surface area contributed by atoms with Crippen LogP contribution in [-0.2, 0) is 4.74 Å². The zero-order valence-corrected chi connectivity index (χ0v) is 14.5. The molecule has 0 radical (unpaired) electrons. The van der Waals surface area contributed by atoms with Crippen molar-refractivity contribution in [3.63, 3.8) is 0 Å². The summed E-state index contributed by atoms with van der Waals surface area (Å²) in [7, 11) is 0. The highest BCUT2D eigenvalue weighted by molar-refractivity contribution is 5.95. The van der Waals surface area contributed by atoms with Crippen LogP contribution in [0.4, 0.5) is 0 Å². The maximum absolute atomic E-state index is 12.6. The van der Waals surface area contributed by atoms with E-state index in [2.05, 4.69) is 4.98 Å². The molecule has 2 aliphatic heterocycles. The van der Waals surface area contributed by atoms with Gasteiger partial charge in [0, 0.05) is 24.4 Å². The zero-order valence-electron chi connectivity index (χ0n) is 14.5. The standard InChI is InChI=1S/C20H22N2O4/c23-17-5-3-4-15(12-17)19(24)22-13-20(14-22)16(8-11-26-20)7-10-25-18-6-1-2-9-21-18/h1-6,9,12,16,23H,7-8,10-11,13-14H2/t16-/m0/s1. The number of aromatic nitrogens is 1. The summed E-state index contributed by atoms with van der Waals surface area (Å²) in [4.78, 5) is 18.5. The third kappa shape index (κ3) is 3.24. The molecule has 4 rings (SSSR count). The fraction of sp³-hybridized carbons (Fsp3) is 0.400. The first kappa shape index (κ1) is 16.8. The van der Waals surface area contributed by atoms with Gasteiger partial charge in [-0.05, 0) is 43.0 Å². The van der Waals surface area contributed by atoms with Crippen LogP contribution >= 0.6 is 0 Å². The topological polar surface area (TPSA) is 71.9 Å². The average molecular weight is 354 g/mol. The van der Waals surface area contributed by atoms with Crippen LogP contribution in [0.15, 0.2) is 48.7 Å². The summed E-state index contributed by atoms with van der Waals surface area (Å²) in [5.74, 6) is 1.05. The zero-order chi connectivity index (χ0) is 18.0. The van der Waals surface area contributed by atoms with Crippen molar-refractivity contribution in [2.75, 3.05) is 26.3 Å². The van der Waals surface area contributed by atoms with E-state index in [1.54, 1.807) is 29.3 Å². The molecule has 0 saturated carbocycles. The summed E-state index contributed by atoms with van der Waals surface area (Å²) >= 11 is 0. The maximum Gasteiger partial charge on any atom is 0.254 e. The van der Waals surface area contributed by atoms with Crippen molar-refractivity contribution in [3.05, 3.63) is 54.2 Å². The third-order valence-electron chi connectivity index (χ3n) is 5.25. The van der Waals surface area contributed by atoms with Crippen molar-refractivity contribution in [1.82, 2.24) is 9.88 Å². The van der Waals surface area contributed by atoms with Gasteiger partial charge in [0.05, 0.1) is 19.7 Å². The number of carbonyl (C=O) groups excluding carboxylic acids is 1. The summed E-state index contributed by atoms with van der Waals surface area (Å²) in [5.41, 5.74) is 0.257. The van der Waals surface area contributed by atoms with E-state index in [1.807, 2.05) is 18.2 Å². The SMILES string of the molecule is O=C(c1cccc(O)c1)N1CC2(C1)OCC[C@@H]2CCOc1ccccn1. The fourth-order valence-corrected chi connectivity index (χ4v) is 3.85. The lowest BCUT2D eigenvalue weighted by Crippen LogP contribution is -2.66. The molecule has 1 spiro atoms. The van der Waals surface area contributed by atoms with Crippen LogP contribution in [0, 0.1) is 5.92 Å². The van der Waals surface area contributed by atoms with E-state index in [0.29, 0.717) is 37.1 Å². The number of phenols is 1. The third-order valence-corrected chi connectivity index (χ3v) is 5.25. The highest BCUT2D eigenvalue weighted by atomic mass is 16.5. The Balaban J connectivity index is 1.32. The molecule has 2 aliphatic rings. The summed E-state index contributed by atoms with van der Waals surface area (Å²) < 4.78 is 11.7. The van der Waals surface area contributed by atoms with Gasteiger partial charge in [-0.3, -0.25) is 4.79 Å². The van der Waals surface area contributed by atoms with Gasteiger partial charge < -0.3 is 19.5 Å². The molecule has 136 valence electrons. The molecule has 6 heteroatoms. The van der Waals surface area contributed by atoms with Crippen molar-refractivity contribution in [1.29, 1.82) is 0 Å². The molecule has 1 aromatic heterocycles. The van der Waals surface area contributed by atoms with E-state index in [1.165, 1.54) is 6.07 Å². The molecule has 0 aliphatic carbocycles. The molecule has 6 nitrogen and oxygen atoms in total. The minimum absolute atomic E-state index is 0.0643. The fourth-order valence-electron chi connectivity index (χ4n) is 3.85. The van der Waals surface area contributed by atoms with E-state index < -0.39 is 0 Å². The second-order valence-electron chi connectivity index (χ2n) is 6.92. The molecule has 1 atom stereocenters. The molecular weight excluding hydrogens is 332 g/mol. The number of pyridine rings is 1. The summed E-state index contributed by atoms with van der Waals surface area (Å²) in [6, 6.07) is 12.1. The van der Waals surface area contributed by atoms with Gasteiger partial charge in [0.15, 0.2) is 0 Å². The molecule has 2 saturated heterocycles. The lowest BCUT2D eigenvalue weighted by Gasteiger charge is -2.50. The smallest absolute Gasteiger partial charge is 0.254 e. The molecule has 1 aromatic carbocycles. The Morgan fingerprint density at radius 1 is 1.31 bits per heavy atom. The summed E-state index contributed by atoms with van der Waals surface area (Å²) in [6.45, 7) is 2.50. The first-order valence-corrected chi connectivity index (χ1v) is 8.92. The van der Waals surface area contributed by atoms with Crippen molar-refractivity contribution in [2.45, 2.75) is 18.4 Å². The summed E-state index contributed by atoms with van der Waals surface area (Å²) in [5, 5.41) is 9.56. The Hall–Kier alpha value is -2.60. The number of aromatic hydroxyl groups is 1. The number of hydrogen-bond donors (Lipinski definition) is 1. The van der Waals surface area contributed by atoms with Gasteiger partial charge in [-0.1, -0.05) is 12.1 Å². The second kappa shape index (κ2) is 6.96. The van der Waals surface area contributed by atoms with Gasteiger partial charge >= 0.3 is 0 Å². The van der Waals surface area contributed by atoms with Crippen LogP contribution in [0.3, 0.4) is 0 Å². The molecule has 2 fully saturated rings. The van der Waals surface area contributed by atoms with E-state index in [0.717, 1.165) is 19.4 Å². The molecule has 1 N–H and O–H groups in total. The van der Waals surface area contributed by atoms with Crippen LogP contribution in [0.25, 0.3) is 0 Å². The van der Waals surface area contributed by atoms with Gasteiger partial charge in [-0.15, -0.1) is 0 Å².